The Morgan fingerprint density at radius 2 is 1.77 bits per heavy atom. The highest BCUT2D eigenvalue weighted by atomic mass is 16.5. The third-order valence-electron chi connectivity index (χ3n) is 10.9. The number of hydrogen-bond donors (Lipinski definition) is 2. The second-order valence-corrected chi connectivity index (χ2v) is 14.6. The van der Waals surface area contributed by atoms with Gasteiger partial charge in [0.15, 0.2) is 0 Å². The number of nitrogens with zero attached hydrogens (tertiary/aromatic N) is 5. The zero-order chi connectivity index (χ0) is 31.3. The maximum atomic E-state index is 13.4. The molecule has 2 saturated carbocycles. The number of carbonyl (C=O) groups excluding carboxylic acids is 1. The second-order valence-electron chi connectivity index (χ2n) is 14.6. The van der Waals surface area contributed by atoms with Crippen LogP contribution in [0, 0.1) is 33.5 Å². The fourth-order valence-corrected chi connectivity index (χ4v) is 8.39. The molecule has 236 valence electrons. The molecule has 2 N–H and O–H groups in total. The van der Waals surface area contributed by atoms with Crippen molar-refractivity contribution < 1.29 is 19.4 Å². The summed E-state index contributed by atoms with van der Waals surface area (Å²) in [7, 11) is 1.54. The quantitative estimate of drug-likeness (QED) is 0.461. The number of likely N-dealkylation sites (tertiary alicyclic amines) is 1. The first-order valence-electron chi connectivity index (χ1n) is 16.0. The Kier molecular flexibility index (Phi) is 8.00. The lowest BCUT2D eigenvalue weighted by Gasteiger charge is -2.63. The van der Waals surface area contributed by atoms with Gasteiger partial charge in [0.25, 0.3) is 5.91 Å². The van der Waals surface area contributed by atoms with E-state index >= 15 is 0 Å². The molecule has 1 unspecified atom stereocenters. The number of rotatable bonds is 8. The van der Waals surface area contributed by atoms with Crippen LogP contribution in [-0.2, 0) is 0 Å². The summed E-state index contributed by atoms with van der Waals surface area (Å²) in [4.78, 5) is 27.5. The average Bonchev–Trinajstić information content (AvgIpc) is 3.79. The van der Waals surface area contributed by atoms with Crippen LogP contribution in [-0.4, -0.2) is 84.0 Å². The fraction of sp³-hybridized carbons (Fsp3) is 0.647. The van der Waals surface area contributed by atoms with Crippen molar-refractivity contribution in [3.63, 3.8) is 0 Å². The largest absolute Gasteiger partial charge is 0.495 e. The predicted octanol–water partition coefficient (Wildman–Crippen LogP) is 4.03. The SMILES string of the molecule is COc1cc(OC2C(C)(C)C(NC(=O)c3cnc(N4CCC(CN5CCC(O)CC5)C5(CC5)C4)nc3)C2(C)C)ccc1C#N. The van der Waals surface area contributed by atoms with E-state index in [1.165, 1.54) is 20.0 Å². The molecule has 4 fully saturated rings. The third-order valence-corrected chi connectivity index (χ3v) is 10.9. The first kappa shape index (κ1) is 30.6. The lowest BCUT2D eigenvalue weighted by molar-refractivity contribution is -0.164. The van der Waals surface area contributed by atoms with Gasteiger partial charge in [-0.1, -0.05) is 27.7 Å². The minimum atomic E-state index is -0.349. The summed E-state index contributed by atoms with van der Waals surface area (Å²) in [6.07, 6.45) is 8.40. The maximum absolute atomic E-state index is 13.4. The highest BCUT2D eigenvalue weighted by Gasteiger charge is 2.64. The van der Waals surface area contributed by atoms with Crippen LogP contribution in [0.1, 0.15) is 75.7 Å². The van der Waals surface area contributed by atoms with Gasteiger partial charge in [0.2, 0.25) is 5.95 Å². The standard InChI is InChI=1S/C34H46N6O4/c1-32(2)29(33(3,4)30(32)44-26-7-6-22(17-35)27(16-26)43-5)38-28(42)23-18-36-31(37-19-23)40-15-8-24(34(21-40)11-12-34)20-39-13-9-25(41)10-14-39/h6-7,16,18-19,24-25,29-30,41H,8-15,20-21H2,1-5H3,(H,38,42). The number of nitrogens with one attached hydrogen (secondary N) is 1. The molecule has 2 aliphatic heterocycles. The number of methoxy groups -OCH3 is 1. The molecule has 2 saturated heterocycles. The zero-order valence-corrected chi connectivity index (χ0v) is 26.7. The Bertz CT molecular complexity index is 1390. The molecule has 0 radical (unpaired) electrons. The Balaban J connectivity index is 1.05. The van der Waals surface area contributed by atoms with Crippen molar-refractivity contribution in [2.45, 2.75) is 78.0 Å². The van der Waals surface area contributed by atoms with Crippen LogP contribution < -0.4 is 19.7 Å². The molecular formula is C34H46N6O4. The number of carbonyl (C=O) groups is 1. The van der Waals surface area contributed by atoms with Crippen molar-refractivity contribution in [3.8, 4) is 17.6 Å². The lowest BCUT2D eigenvalue weighted by Crippen LogP contribution is -2.74. The lowest BCUT2D eigenvalue weighted by atomic mass is 9.49. The van der Waals surface area contributed by atoms with E-state index < -0.39 is 0 Å². The number of benzene rings is 1. The highest BCUT2D eigenvalue weighted by Crippen LogP contribution is 2.57. The Morgan fingerprint density at radius 1 is 1.09 bits per heavy atom. The van der Waals surface area contributed by atoms with Crippen LogP contribution in [0.3, 0.4) is 0 Å². The number of ether oxygens (including phenoxy) is 2. The van der Waals surface area contributed by atoms with E-state index in [9.17, 15) is 15.2 Å². The molecule has 1 atom stereocenters. The second kappa shape index (κ2) is 11.5. The molecule has 44 heavy (non-hydrogen) atoms. The molecule has 10 nitrogen and oxygen atoms in total. The summed E-state index contributed by atoms with van der Waals surface area (Å²) in [6.45, 7) is 13.4. The normalized spacial score (nSPS) is 27.2. The van der Waals surface area contributed by atoms with Crippen molar-refractivity contribution in [1.29, 1.82) is 5.26 Å². The summed E-state index contributed by atoms with van der Waals surface area (Å²) < 4.78 is 11.8. The Labute approximate surface area is 260 Å². The number of aromatic nitrogens is 2. The van der Waals surface area contributed by atoms with Crippen molar-refractivity contribution in [2.24, 2.45) is 22.2 Å². The fourth-order valence-electron chi connectivity index (χ4n) is 8.39. The zero-order valence-electron chi connectivity index (χ0n) is 26.7. The summed E-state index contributed by atoms with van der Waals surface area (Å²) in [6, 6.07) is 7.22. The molecule has 1 aromatic heterocycles. The molecule has 2 aromatic rings. The molecule has 2 aliphatic carbocycles. The molecular weight excluding hydrogens is 556 g/mol. The number of anilines is 1. The van der Waals surface area contributed by atoms with Gasteiger partial charge < -0.3 is 29.7 Å². The summed E-state index contributed by atoms with van der Waals surface area (Å²) in [5.41, 5.74) is 0.550. The number of hydrogen-bond acceptors (Lipinski definition) is 9. The number of aliphatic hydroxyl groups excluding tert-OH is 1. The summed E-state index contributed by atoms with van der Waals surface area (Å²) >= 11 is 0. The van der Waals surface area contributed by atoms with Crippen LogP contribution in [0.2, 0.25) is 0 Å². The molecule has 1 aromatic carbocycles. The van der Waals surface area contributed by atoms with Crippen LogP contribution in [0.15, 0.2) is 30.6 Å². The van der Waals surface area contributed by atoms with E-state index in [4.69, 9.17) is 9.47 Å². The first-order chi connectivity index (χ1) is 21.0. The van der Waals surface area contributed by atoms with E-state index in [1.807, 2.05) is 0 Å². The Hall–Kier alpha value is -3.42. The topological polar surface area (TPSA) is 124 Å². The molecule has 3 heterocycles. The van der Waals surface area contributed by atoms with Crippen molar-refractivity contribution in [2.75, 3.05) is 44.7 Å². The number of aliphatic hydroxyl groups is 1. The smallest absolute Gasteiger partial charge is 0.254 e. The van der Waals surface area contributed by atoms with Crippen molar-refractivity contribution in [1.82, 2.24) is 20.2 Å². The molecule has 0 bridgehead atoms. The van der Waals surface area contributed by atoms with Crippen LogP contribution in [0.5, 0.6) is 11.5 Å². The van der Waals surface area contributed by atoms with Gasteiger partial charge in [-0.05, 0) is 55.6 Å². The number of amides is 1. The van der Waals surface area contributed by atoms with E-state index in [0.717, 1.165) is 52.0 Å². The minimum Gasteiger partial charge on any atom is -0.495 e. The molecule has 4 aliphatic rings. The highest BCUT2D eigenvalue weighted by molar-refractivity contribution is 5.94. The van der Waals surface area contributed by atoms with Gasteiger partial charge in [0.1, 0.15) is 23.7 Å². The van der Waals surface area contributed by atoms with Crippen LogP contribution in [0.4, 0.5) is 5.95 Å². The number of piperidine rings is 2. The average molecular weight is 603 g/mol. The number of nitriles is 1. The third kappa shape index (κ3) is 5.61. The van der Waals surface area contributed by atoms with Gasteiger partial charge in [-0.25, -0.2) is 9.97 Å². The van der Waals surface area contributed by atoms with E-state index in [1.54, 1.807) is 30.6 Å². The minimum absolute atomic E-state index is 0.132. The molecule has 10 heteroatoms. The van der Waals surface area contributed by atoms with Gasteiger partial charge in [-0.3, -0.25) is 4.79 Å². The van der Waals surface area contributed by atoms with Crippen molar-refractivity contribution >= 4 is 11.9 Å². The van der Waals surface area contributed by atoms with Gasteiger partial charge in [-0.15, -0.1) is 0 Å². The van der Waals surface area contributed by atoms with Crippen LogP contribution >= 0.6 is 0 Å². The van der Waals surface area contributed by atoms with E-state index in [0.29, 0.717) is 39.9 Å². The van der Waals surface area contributed by atoms with E-state index in [-0.39, 0.29) is 35.0 Å². The molecule has 1 spiro atoms. The maximum Gasteiger partial charge on any atom is 0.254 e. The predicted molar refractivity (Wildman–Crippen MR) is 167 cm³/mol. The van der Waals surface area contributed by atoms with Gasteiger partial charge >= 0.3 is 0 Å². The van der Waals surface area contributed by atoms with Gasteiger partial charge in [0, 0.05) is 68.1 Å². The van der Waals surface area contributed by atoms with Crippen LogP contribution in [0.25, 0.3) is 0 Å². The molecule has 1 amide bonds. The Morgan fingerprint density at radius 3 is 2.39 bits per heavy atom. The first-order valence-corrected chi connectivity index (χ1v) is 16.0. The summed E-state index contributed by atoms with van der Waals surface area (Å²) in [5.74, 6) is 2.29. The monoisotopic (exact) mass is 602 g/mol. The van der Waals surface area contributed by atoms with Gasteiger partial charge in [-0.2, -0.15) is 5.26 Å². The van der Waals surface area contributed by atoms with Gasteiger partial charge in [0.05, 0.1) is 24.3 Å². The van der Waals surface area contributed by atoms with E-state index in [2.05, 4.69) is 58.8 Å². The summed E-state index contributed by atoms with van der Waals surface area (Å²) in [5, 5.41) is 22.4. The molecule has 6 rings (SSSR count). The van der Waals surface area contributed by atoms with Crippen molar-refractivity contribution in [3.05, 3.63) is 41.7 Å².